The summed E-state index contributed by atoms with van der Waals surface area (Å²) < 4.78 is 15.3. The number of rotatable bonds is 6. The zero-order valence-corrected chi connectivity index (χ0v) is 17.4. The quantitative estimate of drug-likeness (QED) is 0.620. The summed E-state index contributed by atoms with van der Waals surface area (Å²) >= 11 is 2.63. The first-order chi connectivity index (χ1) is 14.0. The molecule has 0 aliphatic heterocycles. The highest BCUT2D eigenvalue weighted by molar-refractivity contribution is 7.17. The average molecular weight is 431 g/mol. The van der Waals surface area contributed by atoms with Gasteiger partial charge in [-0.05, 0) is 54.6 Å². The lowest BCUT2D eigenvalue weighted by Gasteiger charge is -2.14. The number of amides is 2. The van der Waals surface area contributed by atoms with E-state index in [0.29, 0.717) is 27.2 Å². The van der Waals surface area contributed by atoms with Crippen LogP contribution in [0.15, 0.2) is 18.3 Å². The zero-order valence-electron chi connectivity index (χ0n) is 15.8. The molecule has 0 spiro atoms. The number of primary amides is 1. The van der Waals surface area contributed by atoms with Gasteiger partial charge in [-0.2, -0.15) is 0 Å². The van der Waals surface area contributed by atoms with Crippen LogP contribution in [0.4, 0.5) is 5.82 Å². The number of methoxy groups -OCH3 is 1. The number of nitrogens with two attached hydrogens (primary N) is 1. The second-order valence-corrected chi connectivity index (χ2v) is 8.26. The van der Waals surface area contributed by atoms with Crippen molar-refractivity contribution in [3.63, 3.8) is 0 Å². The van der Waals surface area contributed by atoms with E-state index in [2.05, 4.69) is 14.7 Å². The predicted octanol–water partition coefficient (Wildman–Crippen LogP) is 3.15. The van der Waals surface area contributed by atoms with Crippen LogP contribution < -0.4 is 15.8 Å². The van der Waals surface area contributed by atoms with Gasteiger partial charge in [-0.25, -0.2) is 9.36 Å². The summed E-state index contributed by atoms with van der Waals surface area (Å²) in [7, 11) is 1.45. The first-order valence-corrected chi connectivity index (χ1v) is 10.4. The largest absolute Gasteiger partial charge is 0.444 e. The fourth-order valence-electron chi connectivity index (χ4n) is 3.22. The molecule has 3 heterocycles. The van der Waals surface area contributed by atoms with Gasteiger partial charge in [0.1, 0.15) is 18.2 Å². The fourth-order valence-corrected chi connectivity index (χ4v) is 5.22. The topological polar surface area (TPSA) is 116 Å². The summed E-state index contributed by atoms with van der Waals surface area (Å²) in [5.74, 6) is 0.198. The zero-order chi connectivity index (χ0) is 20.5. The summed E-state index contributed by atoms with van der Waals surface area (Å²) in [6, 6.07) is 3.39. The van der Waals surface area contributed by atoms with E-state index in [4.69, 9.17) is 15.2 Å². The van der Waals surface area contributed by atoms with E-state index in [-0.39, 0.29) is 12.5 Å². The molecule has 3 N–H and O–H groups in total. The van der Waals surface area contributed by atoms with Crippen molar-refractivity contribution < 1.29 is 19.1 Å². The van der Waals surface area contributed by atoms with Crippen molar-refractivity contribution in [3.05, 3.63) is 40.0 Å². The van der Waals surface area contributed by atoms with Crippen molar-refractivity contribution in [1.29, 1.82) is 0 Å². The summed E-state index contributed by atoms with van der Waals surface area (Å²) in [5, 5.41) is 3.25. The molecule has 0 radical (unpaired) electrons. The minimum atomic E-state index is -0.458. The average Bonchev–Trinajstić information content (AvgIpc) is 3.28. The second-order valence-electron chi connectivity index (χ2n) is 6.48. The van der Waals surface area contributed by atoms with Crippen LogP contribution in [-0.4, -0.2) is 34.9 Å². The third-order valence-corrected chi connectivity index (χ3v) is 6.48. The third-order valence-electron chi connectivity index (χ3n) is 4.50. The lowest BCUT2D eigenvalue weighted by molar-refractivity contribution is -0.119. The molecular formula is C19H18N4O4S2. The number of nitrogens with zero attached hydrogens (tertiary/aromatic N) is 2. The smallest absolute Gasteiger partial charge is 0.259 e. The molecule has 3 aromatic heterocycles. The van der Waals surface area contributed by atoms with E-state index in [1.807, 2.05) is 6.20 Å². The van der Waals surface area contributed by atoms with Gasteiger partial charge in [-0.1, -0.05) is 11.3 Å². The lowest BCUT2D eigenvalue weighted by Crippen LogP contribution is -2.18. The number of hydrogen-bond acceptors (Lipinski definition) is 8. The van der Waals surface area contributed by atoms with Gasteiger partial charge >= 0.3 is 0 Å². The number of fused-ring (bicyclic) bond motifs is 3. The number of aromatic nitrogens is 2. The number of thiophene rings is 1. The molecule has 0 fully saturated rings. The predicted molar refractivity (Wildman–Crippen MR) is 111 cm³/mol. The summed E-state index contributed by atoms with van der Waals surface area (Å²) in [6.07, 6.45) is 3.41. The Bertz CT molecular complexity index is 1110. The Labute approximate surface area is 174 Å². The Morgan fingerprint density at radius 3 is 2.86 bits per heavy atom. The standard InChI is InChI=1S/C19H18N4O4S2/c1-9-12(5-6-13(22-9)23-14(24)8-26-2)27-19-15-11(17(28-19)18(20)25)4-3-10-7-21-29-16(10)15/h5-7H,3-4,8H2,1-2H3,(H2,20,25)(H,22,23,24). The van der Waals surface area contributed by atoms with E-state index in [1.54, 1.807) is 19.1 Å². The molecule has 150 valence electrons. The molecule has 0 saturated carbocycles. The van der Waals surface area contributed by atoms with E-state index >= 15 is 0 Å². The number of pyridine rings is 1. The van der Waals surface area contributed by atoms with Gasteiger partial charge < -0.3 is 20.5 Å². The summed E-state index contributed by atoms with van der Waals surface area (Å²) in [4.78, 5) is 29.5. The van der Waals surface area contributed by atoms with Gasteiger partial charge in [0, 0.05) is 13.3 Å². The number of hydrogen-bond donors (Lipinski definition) is 2. The van der Waals surface area contributed by atoms with Crippen molar-refractivity contribution in [2.24, 2.45) is 5.73 Å². The summed E-state index contributed by atoms with van der Waals surface area (Å²) in [6.45, 7) is 1.74. The molecule has 0 aromatic carbocycles. The van der Waals surface area contributed by atoms with Crippen LogP contribution in [0.5, 0.6) is 10.8 Å². The van der Waals surface area contributed by atoms with Crippen LogP contribution in [0.1, 0.15) is 26.5 Å². The van der Waals surface area contributed by atoms with Crippen molar-refractivity contribution in [2.75, 3.05) is 19.0 Å². The van der Waals surface area contributed by atoms with Crippen LogP contribution in [0.2, 0.25) is 0 Å². The molecule has 1 aliphatic rings. The molecule has 0 atom stereocenters. The molecule has 4 rings (SSSR count). The van der Waals surface area contributed by atoms with Gasteiger partial charge in [0.05, 0.1) is 21.0 Å². The normalized spacial score (nSPS) is 12.2. The number of carbonyl (C=O) groups is 2. The van der Waals surface area contributed by atoms with Gasteiger partial charge in [0.2, 0.25) is 0 Å². The third kappa shape index (κ3) is 3.74. The maximum Gasteiger partial charge on any atom is 0.259 e. The maximum atomic E-state index is 12.0. The molecule has 0 saturated heterocycles. The van der Waals surface area contributed by atoms with Gasteiger partial charge in [-0.15, -0.1) is 0 Å². The molecule has 0 unspecified atom stereocenters. The molecule has 0 bridgehead atoms. The van der Waals surface area contributed by atoms with Crippen molar-refractivity contribution in [2.45, 2.75) is 19.8 Å². The monoisotopic (exact) mass is 430 g/mol. The molecule has 3 aromatic rings. The molecule has 10 heteroatoms. The van der Waals surface area contributed by atoms with Crippen LogP contribution in [0.25, 0.3) is 10.4 Å². The van der Waals surface area contributed by atoms with Crippen LogP contribution in [0.3, 0.4) is 0 Å². The van der Waals surface area contributed by atoms with Crippen molar-refractivity contribution >= 4 is 40.5 Å². The second kappa shape index (κ2) is 7.90. The minimum absolute atomic E-state index is 0.0482. The number of nitrogens with one attached hydrogen (secondary N) is 1. The lowest BCUT2D eigenvalue weighted by atomic mass is 9.93. The maximum absolute atomic E-state index is 12.0. The highest BCUT2D eigenvalue weighted by atomic mass is 32.1. The molecule has 8 nitrogen and oxygen atoms in total. The molecule has 1 aliphatic carbocycles. The number of anilines is 1. The Morgan fingerprint density at radius 2 is 2.14 bits per heavy atom. The number of carbonyl (C=O) groups excluding carboxylic acids is 2. The SMILES string of the molecule is COCC(=O)Nc1ccc(Oc2sc(C(N)=O)c3c2-c2sncc2CC3)c(C)n1. The highest BCUT2D eigenvalue weighted by Crippen LogP contribution is 2.50. The van der Waals surface area contributed by atoms with Crippen LogP contribution in [-0.2, 0) is 22.4 Å². The first kappa shape index (κ1) is 19.5. The van der Waals surface area contributed by atoms with Gasteiger partial charge in [-0.3, -0.25) is 9.59 Å². The van der Waals surface area contributed by atoms with Crippen molar-refractivity contribution in [3.8, 4) is 21.3 Å². The van der Waals surface area contributed by atoms with Crippen LogP contribution >= 0.6 is 22.9 Å². The number of aryl methyl sites for hydroxylation is 2. The van der Waals surface area contributed by atoms with Gasteiger partial charge in [0.15, 0.2) is 5.06 Å². The van der Waals surface area contributed by atoms with Gasteiger partial charge in [0.25, 0.3) is 11.8 Å². The van der Waals surface area contributed by atoms with E-state index in [1.165, 1.54) is 30.0 Å². The van der Waals surface area contributed by atoms with Crippen LogP contribution in [0, 0.1) is 6.92 Å². The number of ether oxygens (including phenoxy) is 2. The molecule has 29 heavy (non-hydrogen) atoms. The first-order valence-electron chi connectivity index (χ1n) is 8.81. The molecule has 2 amide bonds. The Morgan fingerprint density at radius 1 is 1.31 bits per heavy atom. The molecular weight excluding hydrogens is 412 g/mol. The minimum Gasteiger partial charge on any atom is -0.444 e. The summed E-state index contributed by atoms with van der Waals surface area (Å²) in [5.41, 5.74) is 9.16. The van der Waals surface area contributed by atoms with E-state index < -0.39 is 5.91 Å². The van der Waals surface area contributed by atoms with Crippen molar-refractivity contribution in [1.82, 2.24) is 9.36 Å². The Hall–Kier alpha value is -2.82. The Balaban J connectivity index is 1.67. The van der Waals surface area contributed by atoms with E-state index in [0.717, 1.165) is 34.4 Å². The Kier molecular flexibility index (Phi) is 5.31. The van der Waals surface area contributed by atoms with E-state index in [9.17, 15) is 9.59 Å². The highest BCUT2D eigenvalue weighted by Gasteiger charge is 2.30. The fraction of sp³-hybridized carbons (Fsp3) is 0.263.